The third-order valence-corrected chi connectivity index (χ3v) is 3.62. The fourth-order valence-electron chi connectivity index (χ4n) is 1.97. The fourth-order valence-corrected chi connectivity index (χ4v) is 2.44. The van der Waals surface area contributed by atoms with Crippen molar-refractivity contribution in [3.05, 3.63) is 21.5 Å². The summed E-state index contributed by atoms with van der Waals surface area (Å²) in [5, 5.41) is 6.41. The molecule has 1 amide bonds. The molecule has 2 unspecified atom stereocenters. The van der Waals surface area contributed by atoms with Crippen molar-refractivity contribution in [1.82, 2.24) is 15.6 Å². The summed E-state index contributed by atoms with van der Waals surface area (Å²) in [6.45, 7) is 4.13. The maximum absolute atomic E-state index is 11.9. The number of amides is 1. The number of aromatic amines is 1. The Labute approximate surface area is 121 Å². The van der Waals surface area contributed by atoms with Gasteiger partial charge in [-0.3, -0.25) is 4.79 Å². The Hall–Kier alpha value is -0.270. The summed E-state index contributed by atoms with van der Waals surface area (Å²) < 4.78 is 1.06. The first-order chi connectivity index (χ1) is 7.66. The molecule has 1 aliphatic heterocycles. The number of carbonyl (C=O) groups is 1. The van der Waals surface area contributed by atoms with Crippen LogP contribution in [0.15, 0.2) is 12.3 Å². The summed E-state index contributed by atoms with van der Waals surface area (Å²) in [7, 11) is 0. The Balaban J connectivity index is 0.00000144. The topological polar surface area (TPSA) is 56.9 Å². The molecule has 1 saturated heterocycles. The monoisotopic (exact) mass is 369 g/mol. The van der Waals surface area contributed by atoms with Crippen LogP contribution in [0.5, 0.6) is 0 Å². The standard InChI is InChI=1S/C11H16IN3O.ClH/c1-7-5-13-3-2-9(7)15-11(16)10-4-8(12)6-14-10;/h4,6-7,9,13-14H,2-3,5H2,1H3,(H,15,16);1H. The molecule has 1 fully saturated rings. The Kier molecular flexibility index (Phi) is 5.75. The number of halogens is 2. The van der Waals surface area contributed by atoms with Gasteiger partial charge in [-0.15, -0.1) is 12.4 Å². The highest BCUT2D eigenvalue weighted by molar-refractivity contribution is 14.1. The second-order valence-corrected chi connectivity index (χ2v) is 5.53. The predicted octanol–water partition coefficient (Wildman–Crippen LogP) is 1.77. The van der Waals surface area contributed by atoms with Crippen LogP contribution in [0.25, 0.3) is 0 Å². The molecule has 1 aromatic heterocycles. The highest BCUT2D eigenvalue weighted by atomic mass is 127. The van der Waals surface area contributed by atoms with Crippen molar-refractivity contribution in [2.45, 2.75) is 19.4 Å². The molecule has 0 aromatic carbocycles. The van der Waals surface area contributed by atoms with Crippen LogP contribution in [-0.2, 0) is 0 Å². The van der Waals surface area contributed by atoms with E-state index in [1.165, 1.54) is 0 Å². The molecule has 0 radical (unpaired) electrons. The van der Waals surface area contributed by atoms with Gasteiger partial charge in [0.1, 0.15) is 5.69 Å². The molecular weight excluding hydrogens is 352 g/mol. The number of hydrogen-bond donors (Lipinski definition) is 3. The molecule has 6 heteroatoms. The Morgan fingerprint density at radius 3 is 2.94 bits per heavy atom. The lowest BCUT2D eigenvalue weighted by molar-refractivity contribution is 0.0909. The molecule has 1 aromatic rings. The SMILES string of the molecule is CC1CNCCC1NC(=O)c1cc(I)c[nH]1.Cl. The molecule has 0 aliphatic carbocycles. The summed E-state index contributed by atoms with van der Waals surface area (Å²) in [6.07, 6.45) is 2.84. The summed E-state index contributed by atoms with van der Waals surface area (Å²) in [5.41, 5.74) is 0.648. The number of piperidine rings is 1. The lowest BCUT2D eigenvalue weighted by Gasteiger charge is -2.30. The van der Waals surface area contributed by atoms with Gasteiger partial charge in [0.25, 0.3) is 5.91 Å². The first-order valence-corrected chi connectivity index (χ1v) is 6.60. The van der Waals surface area contributed by atoms with Gasteiger partial charge in [0.05, 0.1) is 0 Å². The van der Waals surface area contributed by atoms with Crippen LogP contribution in [-0.4, -0.2) is 30.0 Å². The third-order valence-electron chi connectivity index (χ3n) is 2.99. The van der Waals surface area contributed by atoms with Crippen LogP contribution in [0.3, 0.4) is 0 Å². The van der Waals surface area contributed by atoms with Gasteiger partial charge in [-0.25, -0.2) is 0 Å². The number of aromatic nitrogens is 1. The van der Waals surface area contributed by atoms with E-state index in [0.29, 0.717) is 11.6 Å². The fraction of sp³-hybridized carbons (Fsp3) is 0.545. The van der Waals surface area contributed by atoms with Crippen molar-refractivity contribution < 1.29 is 4.79 Å². The van der Waals surface area contributed by atoms with E-state index >= 15 is 0 Å². The molecule has 96 valence electrons. The largest absolute Gasteiger partial charge is 0.356 e. The second kappa shape index (κ2) is 6.61. The molecule has 3 N–H and O–H groups in total. The maximum Gasteiger partial charge on any atom is 0.267 e. The van der Waals surface area contributed by atoms with E-state index in [4.69, 9.17) is 0 Å². The van der Waals surface area contributed by atoms with Crippen molar-refractivity contribution in [3.63, 3.8) is 0 Å². The molecule has 0 saturated carbocycles. The second-order valence-electron chi connectivity index (χ2n) is 4.28. The Morgan fingerprint density at radius 1 is 1.59 bits per heavy atom. The van der Waals surface area contributed by atoms with Crippen LogP contribution in [0.4, 0.5) is 0 Å². The van der Waals surface area contributed by atoms with E-state index < -0.39 is 0 Å². The van der Waals surface area contributed by atoms with Crippen LogP contribution in [0.2, 0.25) is 0 Å². The Bertz CT molecular complexity index is 383. The summed E-state index contributed by atoms with van der Waals surface area (Å²) >= 11 is 2.19. The van der Waals surface area contributed by atoms with Gasteiger partial charge in [-0.05, 0) is 54.1 Å². The number of carbonyl (C=O) groups excluding carboxylic acids is 1. The lowest BCUT2D eigenvalue weighted by Crippen LogP contribution is -2.48. The first-order valence-electron chi connectivity index (χ1n) is 5.52. The molecule has 1 aliphatic rings. The molecule has 2 atom stereocenters. The van der Waals surface area contributed by atoms with Crippen molar-refractivity contribution in [2.24, 2.45) is 5.92 Å². The maximum atomic E-state index is 11.9. The first kappa shape index (κ1) is 14.8. The summed E-state index contributed by atoms with van der Waals surface area (Å²) in [6, 6.07) is 2.15. The number of nitrogens with one attached hydrogen (secondary N) is 3. The van der Waals surface area contributed by atoms with E-state index in [1.54, 1.807) is 0 Å². The number of rotatable bonds is 2. The molecular formula is C11H17ClIN3O. The molecule has 17 heavy (non-hydrogen) atoms. The smallest absolute Gasteiger partial charge is 0.267 e. The molecule has 0 spiro atoms. The highest BCUT2D eigenvalue weighted by Gasteiger charge is 2.23. The zero-order chi connectivity index (χ0) is 11.5. The van der Waals surface area contributed by atoms with E-state index in [1.807, 2.05) is 12.3 Å². The molecule has 2 rings (SSSR count). The van der Waals surface area contributed by atoms with Crippen molar-refractivity contribution in [2.75, 3.05) is 13.1 Å². The third kappa shape index (κ3) is 3.86. The van der Waals surface area contributed by atoms with Crippen LogP contribution in [0, 0.1) is 9.49 Å². The van der Waals surface area contributed by atoms with Crippen LogP contribution >= 0.6 is 35.0 Å². The summed E-state index contributed by atoms with van der Waals surface area (Å²) in [4.78, 5) is 14.9. The van der Waals surface area contributed by atoms with Crippen LogP contribution < -0.4 is 10.6 Å². The molecule has 2 heterocycles. The Morgan fingerprint density at radius 2 is 2.35 bits per heavy atom. The van der Waals surface area contributed by atoms with E-state index in [-0.39, 0.29) is 24.4 Å². The predicted molar refractivity (Wildman–Crippen MR) is 78.7 cm³/mol. The van der Waals surface area contributed by atoms with E-state index in [9.17, 15) is 4.79 Å². The van der Waals surface area contributed by atoms with Gasteiger partial charge in [0.15, 0.2) is 0 Å². The minimum Gasteiger partial charge on any atom is -0.356 e. The minimum absolute atomic E-state index is 0. The minimum atomic E-state index is 0. The zero-order valence-electron chi connectivity index (χ0n) is 9.63. The number of H-pyrrole nitrogens is 1. The van der Waals surface area contributed by atoms with Crippen molar-refractivity contribution >= 4 is 40.9 Å². The quantitative estimate of drug-likeness (QED) is 0.696. The average Bonchev–Trinajstić information content (AvgIpc) is 2.68. The van der Waals surface area contributed by atoms with Gasteiger partial charge >= 0.3 is 0 Å². The highest BCUT2D eigenvalue weighted by Crippen LogP contribution is 2.12. The lowest BCUT2D eigenvalue weighted by atomic mass is 9.95. The van der Waals surface area contributed by atoms with Gasteiger partial charge in [0.2, 0.25) is 0 Å². The molecule has 4 nitrogen and oxygen atoms in total. The van der Waals surface area contributed by atoms with Gasteiger partial charge < -0.3 is 15.6 Å². The van der Waals surface area contributed by atoms with Crippen molar-refractivity contribution in [1.29, 1.82) is 0 Å². The molecule has 0 bridgehead atoms. The summed E-state index contributed by atoms with van der Waals surface area (Å²) in [5.74, 6) is 0.494. The van der Waals surface area contributed by atoms with Gasteiger partial charge in [0, 0.05) is 15.8 Å². The number of hydrogen-bond acceptors (Lipinski definition) is 2. The van der Waals surface area contributed by atoms with E-state index in [0.717, 1.165) is 23.1 Å². The van der Waals surface area contributed by atoms with Gasteiger partial charge in [-0.2, -0.15) is 0 Å². The average molecular weight is 370 g/mol. The zero-order valence-corrected chi connectivity index (χ0v) is 12.6. The van der Waals surface area contributed by atoms with E-state index in [2.05, 4.69) is 45.1 Å². The van der Waals surface area contributed by atoms with Crippen molar-refractivity contribution in [3.8, 4) is 0 Å². The normalized spacial score (nSPS) is 23.9. The van der Waals surface area contributed by atoms with Crippen LogP contribution in [0.1, 0.15) is 23.8 Å². The van der Waals surface area contributed by atoms with Gasteiger partial charge in [-0.1, -0.05) is 6.92 Å².